The van der Waals surface area contributed by atoms with E-state index in [1.54, 1.807) is 27.2 Å². The smallest absolute Gasteiger partial charge is 0.251 e. The van der Waals surface area contributed by atoms with Crippen LogP contribution >= 0.6 is 0 Å². The van der Waals surface area contributed by atoms with E-state index < -0.39 is 0 Å². The van der Waals surface area contributed by atoms with Crippen molar-refractivity contribution in [1.29, 1.82) is 0 Å². The molecule has 6 heteroatoms. The number of ether oxygens (including phenoxy) is 2. The van der Waals surface area contributed by atoms with Crippen LogP contribution in [0.1, 0.15) is 23.0 Å². The molecule has 22 heavy (non-hydrogen) atoms. The lowest BCUT2D eigenvalue weighted by Gasteiger charge is -2.13. The van der Waals surface area contributed by atoms with Crippen molar-refractivity contribution in [2.75, 3.05) is 20.0 Å². The molecule has 0 aliphatic rings. The van der Waals surface area contributed by atoms with Crippen LogP contribution in [0, 0.1) is 12.8 Å². The number of aromatic nitrogens is 2. The Hall–Kier alpha value is -2.50. The maximum absolute atomic E-state index is 12.4. The number of aryl methyl sites for hydroxylation is 1. The van der Waals surface area contributed by atoms with Crippen molar-refractivity contribution in [3.05, 3.63) is 35.5 Å². The molecule has 1 aromatic carbocycles. The summed E-state index contributed by atoms with van der Waals surface area (Å²) in [7, 11) is 3.18. The normalized spacial score (nSPS) is 12.0. The highest BCUT2D eigenvalue weighted by Gasteiger charge is 2.19. The lowest BCUT2D eigenvalue weighted by Crippen LogP contribution is -2.23. The van der Waals surface area contributed by atoms with Crippen LogP contribution in [0.15, 0.2) is 24.3 Å². The molecule has 1 atom stereocenters. The minimum absolute atomic E-state index is 0.125. The minimum Gasteiger partial charge on any atom is -0.493 e. The van der Waals surface area contributed by atoms with Crippen LogP contribution in [0.2, 0.25) is 0 Å². The first-order valence-electron chi connectivity index (χ1n) is 7.03. The predicted octanol–water partition coefficient (Wildman–Crippen LogP) is 2.31. The van der Waals surface area contributed by atoms with Crippen molar-refractivity contribution < 1.29 is 14.3 Å². The lowest BCUT2D eigenvalue weighted by atomic mass is 10.00. The fourth-order valence-corrected chi connectivity index (χ4v) is 2.35. The number of rotatable bonds is 5. The fraction of sp³-hybridized carbons (Fsp3) is 0.375. The molecule has 0 aliphatic carbocycles. The van der Waals surface area contributed by atoms with Crippen molar-refractivity contribution in [1.82, 2.24) is 9.78 Å². The van der Waals surface area contributed by atoms with Crippen molar-refractivity contribution >= 4 is 11.7 Å². The van der Waals surface area contributed by atoms with Gasteiger partial charge in [0.2, 0.25) is 0 Å². The van der Waals surface area contributed by atoms with Crippen LogP contribution in [0.3, 0.4) is 0 Å². The van der Waals surface area contributed by atoms with Crippen molar-refractivity contribution in [3.63, 3.8) is 0 Å². The Labute approximate surface area is 129 Å². The summed E-state index contributed by atoms with van der Waals surface area (Å²) < 4.78 is 11.8. The second-order valence-electron chi connectivity index (χ2n) is 5.26. The number of benzene rings is 1. The van der Waals surface area contributed by atoms with Gasteiger partial charge in [-0.3, -0.25) is 4.79 Å². The van der Waals surface area contributed by atoms with Gasteiger partial charge in [-0.15, -0.1) is 0 Å². The Morgan fingerprint density at radius 3 is 2.50 bits per heavy atom. The number of hydrogen-bond acceptors (Lipinski definition) is 5. The quantitative estimate of drug-likeness (QED) is 0.917. The number of nitrogens with two attached hydrogens (primary N) is 1. The maximum atomic E-state index is 12.4. The van der Waals surface area contributed by atoms with Gasteiger partial charge in [0.25, 0.3) is 5.91 Å². The highest BCUT2D eigenvalue weighted by atomic mass is 16.5. The first kappa shape index (κ1) is 15.9. The molecule has 2 N–H and O–H groups in total. The number of methoxy groups -OCH3 is 2. The number of carbonyl (C=O) groups excluding carboxylic acids is 1. The standard InChI is InChI=1S/C16H21N3O3/c1-10(16(20)19-15(17)8-11(2)18-19)7-12-5-6-13(21-3)14(9-12)22-4/h5-6,8-10H,7,17H2,1-4H3. The van der Waals surface area contributed by atoms with Gasteiger partial charge in [0.05, 0.1) is 19.9 Å². The van der Waals surface area contributed by atoms with E-state index in [9.17, 15) is 4.79 Å². The molecule has 0 bridgehead atoms. The zero-order valence-electron chi connectivity index (χ0n) is 13.3. The van der Waals surface area contributed by atoms with E-state index in [2.05, 4.69) is 5.10 Å². The Morgan fingerprint density at radius 1 is 1.27 bits per heavy atom. The average molecular weight is 303 g/mol. The molecule has 1 heterocycles. The predicted molar refractivity (Wildman–Crippen MR) is 84.4 cm³/mol. The molecule has 0 amide bonds. The summed E-state index contributed by atoms with van der Waals surface area (Å²) in [6.45, 7) is 3.66. The lowest BCUT2D eigenvalue weighted by molar-refractivity contribution is 0.0830. The number of nitrogen functional groups attached to an aromatic ring is 1. The topological polar surface area (TPSA) is 79.4 Å². The molecule has 0 spiro atoms. The Morgan fingerprint density at radius 2 is 1.95 bits per heavy atom. The van der Waals surface area contributed by atoms with E-state index in [0.717, 1.165) is 11.3 Å². The first-order chi connectivity index (χ1) is 10.5. The van der Waals surface area contributed by atoms with E-state index in [0.29, 0.717) is 23.7 Å². The van der Waals surface area contributed by atoms with Crippen LogP contribution in [-0.2, 0) is 6.42 Å². The third kappa shape index (κ3) is 3.21. The molecular formula is C16H21N3O3. The zero-order valence-corrected chi connectivity index (χ0v) is 13.3. The summed E-state index contributed by atoms with van der Waals surface area (Å²) in [6, 6.07) is 7.31. The number of hydrogen-bond donors (Lipinski definition) is 1. The summed E-state index contributed by atoms with van der Waals surface area (Å²) in [5.74, 6) is 1.30. The maximum Gasteiger partial charge on any atom is 0.251 e. The number of nitrogens with zero attached hydrogens (tertiary/aromatic N) is 2. The second-order valence-corrected chi connectivity index (χ2v) is 5.26. The van der Waals surface area contributed by atoms with Crippen LogP contribution in [0.25, 0.3) is 0 Å². The van der Waals surface area contributed by atoms with Crippen LogP contribution in [0.4, 0.5) is 5.82 Å². The van der Waals surface area contributed by atoms with E-state index in [1.807, 2.05) is 25.1 Å². The highest BCUT2D eigenvalue weighted by Crippen LogP contribution is 2.28. The molecule has 1 unspecified atom stereocenters. The monoisotopic (exact) mass is 303 g/mol. The molecule has 0 radical (unpaired) electrons. The molecule has 0 saturated heterocycles. The Balaban J connectivity index is 2.16. The number of anilines is 1. The van der Waals surface area contributed by atoms with Gasteiger partial charge in [-0.1, -0.05) is 13.0 Å². The van der Waals surface area contributed by atoms with Crippen molar-refractivity contribution in [2.24, 2.45) is 5.92 Å². The van der Waals surface area contributed by atoms with Crippen LogP contribution in [-0.4, -0.2) is 29.9 Å². The third-order valence-corrected chi connectivity index (χ3v) is 3.48. The second kappa shape index (κ2) is 6.51. The van der Waals surface area contributed by atoms with E-state index in [4.69, 9.17) is 15.2 Å². The fourth-order valence-electron chi connectivity index (χ4n) is 2.35. The van der Waals surface area contributed by atoms with Gasteiger partial charge in [0.15, 0.2) is 11.5 Å². The van der Waals surface area contributed by atoms with Crippen LogP contribution in [0.5, 0.6) is 11.5 Å². The van der Waals surface area contributed by atoms with E-state index in [-0.39, 0.29) is 11.8 Å². The van der Waals surface area contributed by atoms with E-state index >= 15 is 0 Å². The van der Waals surface area contributed by atoms with Gasteiger partial charge in [0, 0.05) is 12.0 Å². The molecule has 1 aromatic heterocycles. The molecule has 0 saturated carbocycles. The zero-order chi connectivity index (χ0) is 16.3. The van der Waals surface area contributed by atoms with Gasteiger partial charge in [-0.05, 0) is 31.0 Å². The third-order valence-electron chi connectivity index (χ3n) is 3.48. The Bertz CT molecular complexity index is 679. The Kier molecular flexibility index (Phi) is 4.70. The van der Waals surface area contributed by atoms with Crippen LogP contribution < -0.4 is 15.2 Å². The average Bonchev–Trinajstić information content (AvgIpc) is 2.84. The molecule has 118 valence electrons. The van der Waals surface area contributed by atoms with Gasteiger partial charge in [-0.25, -0.2) is 0 Å². The van der Waals surface area contributed by atoms with Gasteiger partial charge in [-0.2, -0.15) is 9.78 Å². The summed E-state index contributed by atoms with van der Waals surface area (Å²) in [4.78, 5) is 12.4. The summed E-state index contributed by atoms with van der Waals surface area (Å²) >= 11 is 0. The molecule has 0 fully saturated rings. The van der Waals surface area contributed by atoms with Gasteiger partial charge >= 0.3 is 0 Å². The van der Waals surface area contributed by atoms with Gasteiger partial charge in [0.1, 0.15) is 5.82 Å². The van der Waals surface area contributed by atoms with Crippen molar-refractivity contribution in [3.8, 4) is 11.5 Å². The molecule has 6 nitrogen and oxygen atoms in total. The molecule has 2 rings (SSSR count). The van der Waals surface area contributed by atoms with Gasteiger partial charge < -0.3 is 15.2 Å². The van der Waals surface area contributed by atoms with Crippen molar-refractivity contribution in [2.45, 2.75) is 20.3 Å². The molecule has 0 aliphatic heterocycles. The largest absolute Gasteiger partial charge is 0.493 e. The summed E-state index contributed by atoms with van der Waals surface area (Å²) in [5.41, 5.74) is 7.51. The summed E-state index contributed by atoms with van der Waals surface area (Å²) in [6.07, 6.45) is 0.567. The minimum atomic E-state index is -0.250. The summed E-state index contributed by atoms with van der Waals surface area (Å²) in [5, 5.41) is 4.13. The van der Waals surface area contributed by atoms with E-state index in [1.165, 1.54) is 4.68 Å². The molecular weight excluding hydrogens is 282 g/mol. The molecule has 2 aromatic rings. The first-order valence-corrected chi connectivity index (χ1v) is 7.03. The number of carbonyl (C=O) groups is 1. The highest BCUT2D eigenvalue weighted by molar-refractivity contribution is 5.83. The SMILES string of the molecule is COc1ccc(CC(C)C(=O)n2nc(C)cc2N)cc1OC.